The normalized spacial score (nSPS) is 22.4. The summed E-state index contributed by atoms with van der Waals surface area (Å²) < 4.78 is 5.55. The van der Waals surface area contributed by atoms with Crippen molar-refractivity contribution >= 4 is 11.7 Å². The number of likely N-dealkylation sites (tertiary alicyclic amines) is 1. The van der Waals surface area contributed by atoms with Gasteiger partial charge in [-0.05, 0) is 31.4 Å². The van der Waals surface area contributed by atoms with Crippen molar-refractivity contribution in [2.75, 3.05) is 13.2 Å². The molecule has 0 bridgehead atoms. The van der Waals surface area contributed by atoms with Crippen molar-refractivity contribution in [3.8, 4) is 5.75 Å². The molecule has 6 heteroatoms. The molecule has 1 fully saturated rings. The van der Waals surface area contributed by atoms with Gasteiger partial charge in [0.2, 0.25) is 0 Å². The Bertz CT molecular complexity index is 545. The molecule has 2 atom stereocenters. The largest absolute Gasteiger partial charge is 0.483 e. The highest BCUT2D eigenvalue weighted by Gasteiger charge is 2.30. The van der Waals surface area contributed by atoms with Gasteiger partial charge in [0.15, 0.2) is 12.4 Å². The van der Waals surface area contributed by atoms with Gasteiger partial charge in [0, 0.05) is 12.6 Å². The standard InChI is InChI=1S/C15H21N3O3/c1-10-7-11(2)18(8-10)14(19)9-21-13-6-4-3-5-12(13)15(16)17-20/h3-6,10-11,20H,7-9H2,1-2H3,(H2,16,17). The minimum absolute atomic E-state index is 0.0405. The number of oxime groups is 1. The lowest BCUT2D eigenvalue weighted by Gasteiger charge is -2.21. The number of rotatable bonds is 4. The highest BCUT2D eigenvalue weighted by Crippen LogP contribution is 2.23. The first-order valence-electron chi connectivity index (χ1n) is 7.02. The number of ether oxygens (including phenoxy) is 1. The number of para-hydroxylation sites is 1. The number of amidine groups is 1. The summed E-state index contributed by atoms with van der Waals surface area (Å²) in [4.78, 5) is 14.1. The van der Waals surface area contributed by atoms with Crippen molar-refractivity contribution < 1.29 is 14.7 Å². The van der Waals surface area contributed by atoms with Crippen molar-refractivity contribution in [2.24, 2.45) is 16.8 Å². The summed E-state index contributed by atoms with van der Waals surface area (Å²) in [5, 5.41) is 11.7. The lowest BCUT2D eigenvalue weighted by atomic mass is 10.1. The van der Waals surface area contributed by atoms with Gasteiger partial charge < -0.3 is 20.6 Å². The summed E-state index contributed by atoms with van der Waals surface area (Å²) in [6, 6.07) is 7.14. The van der Waals surface area contributed by atoms with Gasteiger partial charge in [-0.15, -0.1) is 0 Å². The molecule has 3 N–H and O–H groups in total. The Morgan fingerprint density at radius 2 is 2.19 bits per heavy atom. The van der Waals surface area contributed by atoms with Crippen LogP contribution in [-0.2, 0) is 4.79 Å². The van der Waals surface area contributed by atoms with Crippen molar-refractivity contribution in [3.05, 3.63) is 29.8 Å². The van der Waals surface area contributed by atoms with Gasteiger partial charge in [-0.2, -0.15) is 0 Å². The summed E-state index contributed by atoms with van der Waals surface area (Å²) in [6.07, 6.45) is 1.02. The molecule has 0 aromatic heterocycles. The molecular formula is C15H21N3O3. The van der Waals surface area contributed by atoms with Gasteiger partial charge in [-0.1, -0.05) is 24.2 Å². The lowest BCUT2D eigenvalue weighted by Crippen LogP contribution is -2.37. The van der Waals surface area contributed by atoms with E-state index < -0.39 is 0 Å². The average molecular weight is 291 g/mol. The molecule has 1 aliphatic rings. The summed E-state index contributed by atoms with van der Waals surface area (Å²) >= 11 is 0. The molecular weight excluding hydrogens is 270 g/mol. The van der Waals surface area contributed by atoms with E-state index in [4.69, 9.17) is 15.7 Å². The molecule has 2 rings (SSSR count). The number of hydrogen-bond acceptors (Lipinski definition) is 4. The molecule has 1 aromatic rings. The summed E-state index contributed by atoms with van der Waals surface area (Å²) in [5.41, 5.74) is 6.06. The second-order valence-corrected chi connectivity index (χ2v) is 5.51. The lowest BCUT2D eigenvalue weighted by molar-refractivity contribution is -0.134. The topological polar surface area (TPSA) is 88.2 Å². The van der Waals surface area contributed by atoms with E-state index in [2.05, 4.69) is 12.1 Å². The summed E-state index contributed by atoms with van der Waals surface area (Å²) in [6.45, 7) is 4.90. The monoisotopic (exact) mass is 291 g/mol. The van der Waals surface area contributed by atoms with Crippen molar-refractivity contribution in [3.63, 3.8) is 0 Å². The average Bonchev–Trinajstić information content (AvgIpc) is 2.83. The zero-order valence-electron chi connectivity index (χ0n) is 12.3. The fraction of sp³-hybridized carbons (Fsp3) is 0.467. The van der Waals surface area contributed by atoms with Gasteiger partial charge in [-0.3, -0.25) is 4.79 Å². The molecule has 0 aliphatic carbocycles. The zero-order valence-corrected chi connectivity index (χ0v) is 12.3. The van der Waals surface area contributed by atoms with Crippen LogP contribution in [0.4, 0.5) is 0 Å². The van der Waals surface area contributed by atoms with Crippen LogP contribution >= 0.6 is 0 Å². The maximum absolute atomic E-state index is 12.2. The van der Waals surface area contributed by atoms with Gasteiger partial charge in [0.05, 0.1) is 5.56 Å². The van der Waals surface area contributed by atoms with Crippen LogP contribution in [0, 0.1) is 5.92 Å². The second kappa shape index (κ2) is 6.47. The van der Waals surface area contributed by atoms with Crippen LogP contribution in [0.1, 0.15) is 25.8 Å². The van der Waals surface area contributed by atoms with Crippen LogP contribution in [0.2, 0.25) is 0 Å². The third-order valence-electron chi connectivity index (χ3n) is 3.73. The van der Waals surface area contributed by atoms with E-state index in [-0.39, 0.29) is 24.4 Å². The van der Waals surface area contributed by atoms with Crippen molar-refractivity contribution in [1.82, 2.24) is 4.90 Å². The van der Waals surface area contributed by atoms with Crippen LogP contribution in [0.5, 0.6) is 5.75 Å². The van der Waals surface area contributed by atoms with Crippen LogP contribution in [0.25, 0.3) is 0 Å². The first-order valence-corrected chi connectivity index (χ1v) is 7.02. The maximum atomic E-state index is 12.2. The minimum Gasteiger partial charge on any atom is -0.483 e. The minimum atomic E-state index is -0.0488. The van der Waals surface area contributed by atoms with E-state index in [9.17, 15) is 4.79 Å². The number of hydrogen-bond donors (Lipinski definition) is 2. The smallest absolute Gasteiger partial charge is 0.260 e. The van der Waals surface area contributed by atoms with Gasteiger partial charge in [-0.25, -0.2) is 0 Å². The van der Waals surface area contributed by atoms with E-state index in [1.165, 1.54) is 0 Å². The predicted molar refractivity (Wildman–Crippen MR) is 79.4 cm³/mol. The summed E-state index contributed by atoms with van der Waals surface area (Å²) in [5.74, 6) is 0.872. The maximum Gasteiger partial charge on any atom is 0.260 e. The van der Waals surface area contributed by atoms with E-state index >= 15 is 0 Å². The number of carbonyl (C=O) groups is 1. The van der Waals surface area contributed by atoms with Crippen LogP contribution in [0.15, 0.2) is 29.4 Å². The number of amides is 1. The highest BCUT2D eigenvalue weighted by molar-refractivity contribution is 5.99. The van der Waals surface area contributed by atoms with E-state index in [0.29, 0.717) is 17.2 Å². The highest BCUT2D eigenvalue weighted by atomic mass is 16.5. The van der Waals surface area contributed by atoms with Gasteiger partial charge in [0.1, 0.15) is 5.75 Å². The quantitative estimate of drug-likeness (QED) is 0.380. The Morgan fingerprint density at radius 1 is 1.48 bits per heavy atom. The van der Waals surface area contributed by atoms with Crippen LogP contribution in [-0.4, -0.2) is 41.0 Å². The second-order valence-electron chi connectivity index (χ2n) is 5.51. The van der Waals surface area contributed by atoms with Crippen LogP contribution in [0.3, 0.4) is 0 Å². The van der Waals surface area contributed by atoms with Crippen molar-refractivity contribution in [2.45, 2.75) is 26.3 Å². The fourth-order valence-electron chi connectivity index (χ4n) is 2.73. The molecule has 1 aromatic carbocycles. The summed E-state index contributed by atoms with van der Waals surface area (Å²) in [7, 11) is 0. The molecule has 114 valence electrons. The van der Waals surface area contributed by atoms with Crippen LogP contribution < -0.4 is 10.5 Å². The van der Waals surface area contributed by atoms with Gasteiger partial charge in [0.25, 0.3) is 5.91 Å². The Hall–Kier alpha value is -2.24. The molecule has 21 heavy (non-hydrogen) atoms. The molecule has 6 nitrogen and oxygen atoms in total. The molecule has 2 unspecified atom stereocenters. The fourth-order valence-corrected chi connectivity index (χ4v) is 2.73. The number of carbonyl (C=O) groups excluding carboxylic acids is 1. The predicted octanol–water partition coefficient (Wildman–Crippen LogP) is 1.42. The van der Waals surface area contributed by atoms with E-state index in [0.717, 1.165) is 13.0 Å². The third-order valence-corrected chi connectivity index (χ3v) is 3.73. The Labute approximate surface area is 124 Å². The molecule has 1 aliphatic heterocycles. The molecule has 1 saturated heterocycles. The first kappa shape index (κ1) is 15.2. The number of nitrogens with zero attached hydrogens (tertiary/aromatic N) is 2. The zero-order chi connectivity index (χ0) is 15.4. The van der Waals surface area contributed by atoms with Gasteiger partial charge >= 0.3 is 0 Å². The molecule has 0 radical (unpaired) electrons. The molecule has 0 spiro atoms. The SMILES string of the molecule is CC1CC(C)N(C(=O)COc2ccccc2/C(N)=N/O)C1. The van der Waals surface area contributed by atoms with E-state index in [1.54, 1.807) is 24.3 Å². The first-order chi connectivity index (χ1) is 10.0. The number of benzene rings is 1. The Balaban J connectivity index is 2.02. The molecule has 1 amide bonds. The van der Waals surface area contributed by atoms with Crippen molar-refractivity contribution in [1.29, 1.82) is 0 Å². The van der Waals surface area contributed by atoms with E-state index in [1.807, 2.05) is 11.8 Å². The molecule has 1 heterocycles. The number of nitrogens with two attached hydrogens (primary N) is 1. The Morgan fingerprint density at radius 3 is 2.81 bits per heavy atom. The Kier molecular flexibility index (Phi) is 4.67. The molecule has 0 saturated carbocycles. The third kappa shape index (κ3) is 3.45.